The molecule has 0 bridgehead atoms. The predicted octanol–water partition coefficient (Wildman–Crippen LogP) is 3.18. The average Bonchev–Trinajstić information content (AvgIpc) is 2.41. The van der Waals surface area contributed by atoms with Crippen LogP contribution < -0.4 is 0 Å². The number of aliphatic hydroxyl groups is 1. The van der Waals surface area contributed by atoms with E-state index in [0.717, 1.165) is 13.0 Å². The minimum Gasteiger partial charge on any atom is -0.395 e. The Hall–Kier alpha value is -1.37. The summed E-state index contributed by atoms with van der Waals surface area (Å²) in [7, 11) is 0. The maximum atomic E-state index is 14.1. The first kappa shape index (κ1) is 16.7. The van der Waals surface area contributed by atoms with Gasteiger partial charge in [-0.25, -0.2) is 4.39 Å². The summed E-state index contributed by atoms with van der Waals surface area (Å²) >= 11 is 0. The molecular formula is C17H24FNO. The Kier molecular flexibility index (Phi) is 7.28. The van der Waals surface area contributed by atoms with Crippen LogP contribution in [0, 0.1) is 17.7 Å². The molecule has 0 saturated heterocycles. The Labute approximate surface area is 121 Å². The molecule has 0 aliphatic heterocycles. The molecule has 20 heavy (non-hydrogen) atoms. The van der Waals surface area contributed by atoms with Gasteiger partial charge in [-0.2, -0.15) is 0 Å². The van der Waals surface area contributed by atoms with Crippen LogP contribution in [0.1, 0.15) is 44.7 Å². The third-order valence-corrected chi connectivity index (χ3v) is 3.14. The fourth-order valence-corrected chi connectivity index (χ4v) is 2.00. The van der Waals surface area contributed by atoms with Gasteiger partial charge >= 0.3 is 0 Å². The standard InChI is InChI=1S/C17H24FNO/c1-4-10-19(14(2)3)13-16-9-8-15(12-17(16)18)7-5-6-11-20/h8-9,12,14,20H,4,6,10-11,13H2,1-3H3. The van der Waals surface area contributed by atoms with E-state index in [1.807, 2.05) is 12.1 Å². The van der Waals surface area contributed by atoms with Crippen LogP contribution in [0.5, 0.6) is 0 Å². The second-order valence-electron chi connectivity index (χ2n) is 5.15. The smallest absolute Gasteiger partial charge is 0.128 e. The molecule has 1 aromatic rings. The van der Waals surface area contributed by atoms with E-state index >= 15 is 0 Å². The minimum atomic E-state index is -0.206. The van der Waals surface area contributed by atoms with Crippen molar-refractivity contribution >= 4 is 0 Å². The van der Waals surface area contributed by atoms with Gasteiger partial charge in [-0.3, -0.25) is 4.90 Å². The van der Waals surface area contributed by atoms with Crippen LogP contribution in [0.2, 0.25) is 0 Å². The SMILES string of the molecule is CCCN(Cc1ccc(C#CCCO)cc1F)C(C)C. The Bertz CT molecular complexity index is 474. The van der Waals surface area contributed by atoms with Crippen molar-refractivity contribution in [2.45, 2.75) is 46.2 Å². The van der Waals surface area contributed by atoms with E-state index in [9.17, 15) is 4.39 Å². The van der Waals surface area contributed by atoms with E-state index in [4.69, 9.17) is 5.11 Å². The van der Waals surface area contributed by atoms with E-state index in [0.29, 0.717) is 30.1 Å². The van der Waals surface area contributed by atoms with Gasteiger partial charge in [-0.15, -0.1) is 0 Å². The quantitative estimate of drug-likeness (QED) is 0.807. The number of rotatable bonds is 6. The van der Waals surface area contributed by atoms with Crippen LogP contribution in [0.15, 0.2) is 18.2 Å². The van der Waals surface area contributed by atoms with E-state index in [-0.39, 0.29) is 12.4 Å². The van der Waals surface area contributed by atoms with Gasteiger partial charge in [0.05, 0.1) is 6.61 Å². The van der Waals surface area contributed by atoms with E-state index in [2.05, 4.69) is 37.5 Å². The van der Waals surface area contributed by atoms with E-state index in [1.165, 1.54) is 6.07 Å². The summed E-state index contributed by atoms with van der Waals surface area (Å²) < 4.78 is 14.1. The molecule has 0 unspecified atom stereocenters. The first-order valence-electron chi connectivity index (χ1n) is 7.20. The molecular weight excluding hydrogens is 253 g/mol. The van der Waals surface area contributed by atoms with Crippen LogP contribution >= 0.6 is 0 Å². The normalized spacial score (nSPS) is 10.8. The van der Waals surface area contributed by atoms with Gasteiger partial charge < -0.3 is 5.11 Å². The molecule has 0 aromatic heterocycles. The van der Waals surface area contributed by atoms with Gasteiger partial charge in [0.2, 0.25) is 0 Å². The topological polar surface area (TPSA) is 23.5 Å². The van der Waals surface area contributed by atoms with Crippen molar-refractivity contribution in [1.82, 2.24) is 4.90 Å². The van der Waals surface area contributed by atoms with Crippen molar-refractivity contribution < 1.29 is 9.50 Å². The summed E-state index contributed by atoms with van der Waals surface area (Å²) in [5.41, 5.74) is 1.37. The molecule has 110 valence electrons. The summed E-state index contributed by atoms with van der Waals surface area (Å²) in [6.45, 7) is 8.01. The molecule has 1 rings (SSSR count). The fourth-order valence-electron chi connectivity index (χ4n) is 2.00. The van der Waals surface area contributed by atoms with Gasteiger partial charge in [-0.1, -0.05) is 24.8 Å². The number of hydrogen-bond donors (Lipinski definition) is 1. The van der Waals surface area contributed by atoms with Gasteiger partial charge in [0.15, 0.2) is 0 Å². The zero-order valence-electron chi connectivity index (χ0n) is 12.6. The lowest BCUT2D eigenvalue weighted by Gasteiger charge is -2.26. The number of benzene rings is 1. The first-order chi connectivity index (χ1) is 9.58. The van der Waals surface area contributed by atoms with E-state index in [1.54, 1.807) is 0 Å². The highest BCUT2D eigenvalue weighted by Crippen LogP contribution is 2.14. The van der Waals surface area contributed by atoms with Crippen molar-refractivity contribution in [1.29, 1.82) is 0 Å². The van der Waals surface area contributed by atoms with Gasteiger partial charge in [-0.05, 0) is 38.9 Å². The molecule has 0 atom stereocenters. The molecule has 2 nitrogen and oxygen atoms in total. The maximum absolute atomic E-state index is 14.1. The first-order valence-corrected chi connectivity index (χ1v) is 7.20. The second kappa shape index (κ2) is 8.73. The highest BCUT2D eigenvalue weighted by Gasteiger charge is 2.11. The monoisotopic (exact) mass is 277 g/mol. The lowest BCUT2D eigenvalue weighted by molar-refractivity contribution is 0.210. The predicted molar refractivity (Wildman–Crippen MR) is 80.8 cm³/mol. The second-order valence-corrected chi connectivity index (χ2v) is 5.15. The Morgan fingerprint density at radius 3 is 2.65 bits per heavy atom. The third kappa shape index (κ3) is 5.32. The molecule has 0 aliphatic rings. The summed E-state index contributed by atoms with van der Waals surface area (Å²) in [4.78, 5) is 2.26. The highest BCUT2D eigenvalue weighted by atomic mass is 19.1. The molecule has 0 spiro atoms. The van der Waals surface area contributed by atoms with Crippen LogP contribution in [0.25, 0.3) is 0 Å². The summed E-state index contributed by atoms with van der Waals surface area (Å²) in [5.74, 6) is 5.45. The largest absolute Gasteiger partial charge is 0.395 e. The Morgan fingerprint density at radius 2 is 2.10 bits per heavy atom. The van der Waals surface area contributed by atoms with Crippen molar-refractivity contribution in [2.75, 3.05) is 13.2 Å². The van der Waals surface area contributed by atoms with Crippen LogP contribution in [0.3, 0.4) is 0 Å². The van der Waals surface area contributed by atoms with Crippen LogP contribution in [-0.2, 0) is 6.54 Å². The van der Waals surface area contributed by atoms with Crippen molar-refractivity contribution in [2.24, 2.45) is 0 Å². The molecule has 3 heteroatoms. The van der Waals surface area contributed by atoms with Crippen molar-refractivity contribution in [3.05, 3.63) is 35.1 Å². The Balaban J connectivity index is 2.80. The van der Waals surface area contributed by atoms with Gasteiger partial charge in [0.25, 0.3) is 0 Å². The summed E-state index contributed by atoms with van der Waals surface area (Å²) in [6, 6.07) is 5.53. The molecule has 1 aromatic carbocycles. The summed E-state index contributed by atoms with van der Waals surface area (Å²) in [5, 5.41) is 8.66. The molecule has 1 N–H and O–H groups in total. The van der Waals surface area contributed by atoms with Gasteiger partial charge in [0.1, 0.15) is 5.82 Å². The molecule has 0 fully saturated rings. The molecule has 0 saturated carbocycles. The maximum Gasteiger partial charge on any atom is 0.128 e. The lowest BCUT2D eigenvalue weighted by Crippen LogP contribution is -2.31. The lowest BCUT2D eigenvalue weighted by atomic mass is 10.1. The summed E-state index contributed by atoms with van der Waals surface area (Å²) in [6.07, 6.45) is 1.48. The Morgan fingerprint density at radius 1 is 1.35 bits per heavy atom. The number of halogens is 1. The molecule has 0 heterocycles. The third-order valence-electron chi connectivity index (χ3n) is 3.14. The van der Waals surface area contributed by atoms with Crippen molar-refractivity contribution in [3.8, 4) is 11.8 Å². The van der Waals surface area contributed by atoms with Gasteiger partial charge in [0, 0.05) is 30.1 Å². The number of aliphatic hydroxyl groups excluding tert-OH is 1. The fraction of sp³-hybridized carbons (Fsp3) is 0.529. The van der Waals surface area contributed by atoms with Crippen molar-refractivity contribution in [3.63, 3.8) is 0 Å². The minimum absolute atomic E-state index is 0.0356. The molecule has 0 amide bonds. The molecule has 0 radical (unpaired) electrons. The number of hydrogen-bond acceptors (Lipinski definition) is 2. The zero-order chi connectivity index (χ0) is 15.0. The average molecular weight is 277 g/mol. The number of nitrogens with zero attached hydrogens (tertiary/aromatic N) is 1. The zero-order valence-corrected chi connectivity index (χ0v) is 12.6. The molecule has 0 aliphatic carbocycles. The van der Waals surface area contributed by atoms with Crippen LogP contribution in [0.4, 0.5) is 4.39 Å². The van der Waals surface area contributed by atoms with Crippen LogP contribution in [-0.4, -0.2) is 29.2 Å². The highest BCUT2D eigenvalue weighted by molar-refractivity contribution is 5.37. The van der Waals surface area contributed by atoms with E-state index < -0.39 is 0 Å².